The first-order valence-corrected chi connectivity index (χ1v) is 8.77. The molecule has 0 aromatic heterocycles. The molecule has 0 fully saturated rings. The number of nitrogens with zero attached hydrogens (tertiary/aromatic N) is 1. The number of nitro groups is 1. The van der Waals surface area contributed by atoms with Gasteiger partial charge in [-0.3, -0.25) is 19.6 Å². The molecule has 0 spiro atoms. The second kappa shape index (κ2) is 6.19. The lowest BCUT2D eigenvalue weighted by Crippen LogP contribution is -2.34. The topological polar surface area (TPSA) is 148 Å². The molecule has 3 N–H and O–H groups in total. The van der Waals surface area contributed by atoms with E-state index in [1.54, 1.807) is 6.92 Å². The van der Waals surface area contributed by atoms with Gasteiger partial charge < -0.3 is 15.2 Å². The van der Waals surface area contributed by atoms with Crippen LogP contribution in [-0.2, 0) is 14.8 Å². The molecule has 0 aliphatic carbocycles. The Morgan fingerprint density at radius 3 is 2.69 bits per heavy atom. The zero-order valence-corrected chi connectivity index (χ0v) is 14.1. The van der Waals surface area contributed by atoms with Crippen molar-refractivity contribution < 1.29 is 28.0 Å². The third-order valence-electron chi connectivity index (χ3n) is 3.63. The van der Waals surface area contributed by atoms with Crippen LogP contribution in [0.2, 0.25) is 0 Å². The number of non-ortho nitro benzene ring substituents is 1. The van der Waals surface area contributed by atoms with Crippen LogP contribution in [0.3, 0.4) is 0 Å². The van der Waals surface area contributed by atoms with Gasteiger partial charge in [-0.1, -0.05) is 0 Å². The normalized spacial score (nSPS) is 16.2. The number of hydrogen-bond donors (Lipinski definition) is 3. The summed E-state index contributed by atoms with van der Waals surface area (Å²) in [5.74, 6) is -0.576. The van der Waals surface area contributed by atoms with E-state index in [1.165, 1.54) is 18.2 Å². The van der Waals surface area contributed by atoms with Gasteiger partial charge in [0.25, 0.3) is 21.6 Å². The molecule has 10 nitrogen and oxygen atoms in total. The highest BCUT2D eigenvalue weighted by Gasteiger charge is 2.26. The maximum absolute atomic E-state index is 12.5. The first-order chi connectivity index (χ1) is 12.2. The van der Waals surface area contributed by atoms with Crippen LogP contribution >= 0.6 is 0 Å². The van der Waals surface area contributed by atoms with Crippen molar-refractivity contribution in [2.24, 2.45) is 0 Å². The molecule has 0 radical (unpaired) electrons. The van der Waals surface area contributed by atoms with Crippen molar-refractivity contribution in [3.05, 3.63) is 46.5 Å². The number of nitrogens with one attached hydrogen (secondary N) is 2. The third kappa shape index (κ3) is 3.24. The summed E-state index contributed by atoms with van der Waals surface area (Å²) in [5, 5.41) is 23.1. The smallest absolute Gasteiger partial charge is 0.271 e. The van der Waals surface area contributed by atoms with Crippen molar-refractivity contribution in [3.63, 3.8) is 0 Å². The van der Waals surface area contributed by atoms with Crippen molar-refractivity contribution in [3.8, 4) is 11.5 Å². The van der Waals surface area contributed by atoms with Crippen molar-refractivity contribution >= 4 is 33.0 Å². The third-order valence-corrected chi connectivity index (χ3v) is 4.99. The lowest BCUT2D eigenvalue weighted by atomic mass is 10.2. The Morgan fingerprint density at radius 2 is 2.00 bits per heavy atom. The standard InChI is InChI=1S/C15H13N3O7S/c1-8-15(20)16-12-7-10(3-5-14(12)25-8)26(23,24)17-11-6-9(18(21)22)2-4-13(11)19/h2-8,17,19H,1H3,(H,16,20). The molecular weight excluding hydrogens is 366 g/mol. The number of rotatable bonds is 4. The molecule has 1 aliphatic rings. The molecule has 1 amide bonds. The first-order valence-electron chi connectivity index (χ1n) is 7.29. The van der Waals surface area contributed by atoms with Crippen molar-refractivity contribution in [2.45, 2.75) is 17.9 Å². The first kappa shape index (κ1) is 17.5. The van der Waals surface area contributed by atoms with Gasteiger partial charge in [0.15, 0.2) is 6.10 Å². The zero-order valence-electron chi connectivity index (χ0n) is 13.3. The number of amides is 1. The lowest BCUT2D eigenvalue weighted by molar-refractivity contribution is -0.384. The summed E-state index contributed by atoms with van der Waals surface area (Å²) in [6.45, 7) is 1.55. The van der Waals surface area contributed by atoms with Crippen LogP contribution in [0.15, 0.2) is 41.3 Å². The number of hydrogen-bond acceptors (Lipinski definition) is 7. The molecule has 1 heterocycles. The fourth-order valence-electron chi connectivity index (χ4n) is 2.28. The maximum atomic E-state index is 12.5. The van der Waals surface area contributed by atoms with Crippen molar-refractivity contribution in [1.82, 2.24) is 0 Å². The van der Waals surface area contributed by atoms with E-state index in [2.05, 4.69) is 10.0 Å². The number of carbonyl (C=O) groups is 1. The quantitative estimate of drug-likeness (QED) is 0.417. The monoisotopic (exact) mass is 379 g/mol. The van der Waals surface area contributed by atoms with E-state index in [-0.39, 0.29) is 22.0 Å². The molecular formula is C15H13N3O7S. The number of phenols is 1. The van der Waals surface area contributed by atoms with Gasteiger partial charge in [-0.15, -0.1) is 0 Å². The van der Waals surface area contributed by atoms with E-state index in [0.29, 0.717) is 5.75 Å². The van der Waals surface area contributed by atoms with Gasteiger partial charge in [-0.05, 0) is 31.2 Å². The van der Waals surface area contributed by atoms with Crippen LogP contribution in [0.4, 0.5) is 17.1 Å². The largest absolute Gasteiger partial charge is 0.506 e. The van der Waals surface area contributed by atoms with Gasteiger partial charge in [0, 0.05) is 12.1 Å². The van der Waals surface area contributed by atoms with Crippen LogP contribution in [0.25, 0.3) is 0 Å². The van der Waals surface area contributed by atoms with Crippen molar-refractivity contribution in [1.29, 1.82) is 0 Å². The van der Waals surface area contributed by atoms with Crippen LogP contribution in [0.1, 0.15) is 6.92 Å². The van der Waals surface area contributed by atoms with E-state index in [9.17, 15) is 28.4 Å². The fourth-order valence-corrected chi connectivity index (χ4v) is 3.37. The molecule has 1 unspecified atom stereocenters. The average Bonchev–Trinajstić information content (AvgIpc) is 2.57. The predicted octanol–water partition coefficient (Wildman–Crippen LogP) is 1.82. The molecule has 11 heteroatoms. The number of ether oxygens (including phenoxy) is 1. The second-order valence-corrected chi connectivity index (χ2v) is 7.15. The zero-order chi connectivity index (χ0) is 19.1. The van der Waals surface area contributed by atoms with E-state index in [1.807, 2.05) is 0 Å². The number of phenolic OH excluding ortho intramolecular Hbond substituents is 1. The number of fused-ring (bicyclic) bond motifs is 1. The molecule has 26 heavy (non-hydrogen) atoms. The van der Waals surface area contributed by atoms with Crippen LogP contribution in [0, 0.1) is 10.1 Å². The summed E-state index contributed by atoms with van der Waals surface area (Å²) in [6, 6.07) is 6.78. The second-order valence-electron chi connectivity index (χ2n) is 5.47. The van der Waals surface area contributed by atoms with Crippen LogP contribution < -0.4 is 14.8 Å². The molecule has 2 aromatic rings. The Bertz CT molecular complexity index is 1020. The minimum atomic E-state index is -4.18. The van der Waals surface area contributed by atoms with Gasteiger partial charge in [0.1, 0.15) is 11.5 Å². The van der Waals surface area contributed by atoms with Crippen LogP contribution in [-0.4, -0.2) is 30.5 Å². The van der Waals surface area contributed by atoms with Gasteiger partial charge in [0.2, 0.25) is 0 Å². The van der Waals surface area contributed by atoms with E-state index >= 15 is 0 Å². The molecule has 3 rings (SSSR count). The average molecular weight is 379 g/mol. The summed E-state index contributed by atoms with van der Waals surface area (Å²) in [6.07, 6.45) is -0.704. The molecule has 136 valence electrons. The molecule has 2 aromatic carbocycles. The molecule has 1 aliphatic heterocycles. The Kier molecular flexibility index (Phi) is 4.16. The number of benzene rings is 2. The Morgan fingerprint density at radius 1 is 1.27 bits per heavy atom. The predicted molar refractivity (Wildman–Crippen MR) is 90.7 cm³/mol. The van der Waals surface area contributed by atoms with E-state index in [4.69, 9.17) is 4.74 Å². The van der Waals surface area contributed by atoms with Crippen molar-refractivity contribution in [2.75, 3.05) is 10.0 Å². The van der Waals surface area contributed by atoms with Gasteiger partial charge >= 0.3 is 0 Å². The highest BCUT2D eigenvalue weighted by atomic mass is 32.2. The number of aromatic hydroxyl groups is 1. The number of sulfonamides is 1. The Labute approximate surface area is 147 Å². The van der Waals surface area contributed by atoms with Gasteiger partial charge in [-0.2, -0.15) is 0 Å². The Balaban J connectivity index is 1.95. The summed E-state index contributed by atoms with van der Waals surface area (Å²) in [7, 11) is -4.18. The number of nitro benzene ring substituents is 1. The summed E-state index contributed by atoms with van der Waals surface area (Å²) >= 11 is 0. The summed E-state index contributed by atoms with van der Waals surface area (Å²) in [4.78, 5) is 21.5. The van der Waals surface area contributed by atoms with E-state index in [0.717, 1.165) is 18.2 Å². The molecule has 0 bridgehead atoms. The molecule has 1 atom stereocenters. The minimum absolute atomic E-state index is 0.180. The number of carbonyl (C=O) groups excluding carboxylic acids is 1. The summed E-state index contributed by atoms with van der Waals surface area (Å²) < 4.78 is 32.5. The van der Waals surface area contributed by atoms with Gasteiger partial charge in [-0.25, -0.2) is 8.42 Å². The SMILES string of the molecule is CC1Oc2ccc(S(=O)(=O)Nc3cc([N+](=O)[O-])ccc3O)cc2NC1=O. The highest BCUT2D eigenvalue weighted by molar-refractivity contribution is 7.92. The Hall–Kier alpha value is -3.34. The van der Waals surface area contributed by atoms with E-state index < -0.39 is 32.7 Å². The highest BCUT2D eigenvalue weighted by Crippen LogP contribution is 2.34. The minimum Gasteiger partial charge on any atom is -0.506 e. The molecule has 0 saturated heterocycles. The maximum Gasteiger partial charge on any atom is 0.271 e. The number of anilines is 2. The molecule has 0 saturated carbocycles. The fraction of sp³-hybridized carbons (Fsp3) is 0.133. The summed E-state index contributed by atoms with van der Waals surface area (Å²) in [5.41, 5.74) is -0.550. The van der Waals surface area contributed by atoms with Gasteiger partial charge in [0.05, 0.1) is 21.2 Å². The van der Waals surface area contributed by atoms with Crippen LogP contribution in [0.5, 0.6) is 11.5 Å². The lowest BCUT2D eigenvalue weighted by Gasteiger charge is -2.23.